The summed E-state index contributed by atoms with van der Waals surface area (Å²) in [6.07, 6.45) is 8.24. The molecular weight excluding hydrogens is 290 g/mol. The zero-order valence-electron chi connectivity index (χ0n) is 14.0. The standard InChI is InChI=1S/C18H25N3O2/c1-14-6-3-4-7-17(14)18(22)21-9-5-8-20(10-11-21)13-16-12-15(2)23-19-16/h4,6-7,12,17H,3,5,8-11,13H2,1-2H3. The first-order chi connectivity index (χ1) is 11.1. The fraction of sp³-hybridized carbons (Fsp3) is 0.556. The molecule has 0 bridgehead atoms. The van der Waals surface area contributed by atoms with E-state index in [4.69, 9.17) is 4.52 Å². The Kier molecular flexibility index (Phi) is 4.96. The molecule has 3 rings (SSSR count). The highest BCUT2D eigenvalue weighted by molar-refractivity contribution is 5.83. The van der Waals surface area contributed by atoms with Gasteiger partial charge in [0.05, 0.1) is 11.6 Å². The lowest BCUT2D eigenvalue weighted by Crippen LogP contribution is -2.39. The third kappa shape index (κ3) is 3.91. The average molecular weight is 315 g/mol. The van der Waals surface area contributed by atoms with Crippen LogP contribution in [-0.4, -0.2) is 47.0 Å². The molecule has 1 saturated heterocycles. The van der Waals surface area contributed by atoms with Crippen molar-refractivity contribution in [1.82, 2.24) is 15.0 Å². The van der Waals surface area contributed by atoms with Crippen LogP contribution in [0.2, 0.25) is 0 Å². The van der Waals surface area contributed by atoms with Crippen LogP contribution in [0.5, 0.6) is 0 Å². The third-order valence-corrected chi connectivity index (χ3v) is 4.62. The molecule has 1 aliphatic heterocycles. The van der Waals surface area contributed by atoms with Crippen LogP contribution in [0.15, 0.2) is 34.4 Å². The second-order valence-corrected chi connectivity index (χ2v) is 6.47. The monoisotopic (exact) mass is 315 g/mol. The lowest BCUT2D eigenvalue weighted by Gasteiger charge is -2.26. The van der Waals surface area contributed by atoms with Crippen molar-refractivity contribution in [3.05, 3.63) is 41.3 Å². The molecule has 23 heavy (non-hydrogen) atoms. The van der Waals surface area contributed by atoms with Crippen LogP contribution in [0.3, 0.4) is 0 Å². The normalized spacial score (nSPS) is 22.8. The highest BCUT2D eigenvalue weighted by atomic mass is 16.5. The summed E-state index contributed by atoms with van der Waals surface area (Å²) >= 11 is 0. The van der Waals surface area contributed by atoms with Crippen molar-refractivity contribution in [1.29, 1.82) is 0 Å². The molecule has 5 heteroatoms. The van der Waals surface area contributed by atoms with Crippen molar-refractivity contribution >= 4 is 5.91 Å². The molecule has 1 aliphatic carbocycles. The van der Waals surface area contributed by atoms with Crippen molar-refractivity contribution in [2.24, 2.45) is 5.92 Å². The van der Waals surface area contributed by atoms with E-state index in [1.807, 2.05) is 17.9 Å². The zero-order valence-corrected chi connectivity index (χ0v) is 14.0. The number of carbonyl (C=O) groups is 1. The van der Waals surface area contributed by atoms with Crippen LogP contribution in [-0.2, 0) is 11.3 Å². The first-order valence-electron chi connectivity index (χ1n) is 8.40. The molecule has 2 heterocycles. The Balaban J connectivity index is 1.57. The van der Waals surface area contributed by atoms with Crippen LogP contribution < -0.4 is 0 Å². The summed E-state index contributed by atoms with van der Waals surface area (Å²) in [5, 5.41) is 4.06. The third-order valence-electron chi connectivity index (χ3n) is 4.62. The van der Waals surface area contributed by atoms with Crippen molar-refractivity contribution < 1.29 is 9.32 Å². The highest BCUT2D eigenvalue weighted by Gasteiger charge is 2.26. The van der Waals surface area contributed by atoms with E-state index in [0.29, 0.717) is 0 Å². The Morgan fingerprint density at radius 2 is 2.17 bits per heavy atom. The first kappa shape index (κ1) is 16.0. The quantitative estimate of drug-likeness (QED) is 0.804. The van der Waals surface area contributed by atoms with Gasteiger partial charge in [-0.2, -0.15) is 0 Å². The molecule has 124 valence electrons. The number of aryl methyl sites for hydroxylation is 1. The summed E-state index contributed by atoms with van der Waals surface area (Å²) in [6.45, 7) is 8.26. The Labute approximate surface area is 137 Å². The van der Waals surface area contributed by atoms with Gasteiger partial charge in [-0.05, 0) is 26.7 Å². The summed E-state index contributed by atoms with van der Waals surface area (Å²) in [5.74, 6) is 1.03. The van der Waals surface area contributed by atoms with E-state index in [9.17, 15) is 4.79 Å². The molecule has 1 atom stereocenters. The predicted octanol–water partition coefficient (Wildman–Crippen LogP) is 2.54. The molecule has 2 aliphatic rings. The van der Waals surface area contributed by atoms with Gasteiger partial charge < -0.3 is 9.42 Å². The largest absolute Gasteiger partial charge is 0.361 e. The van der Waals surface area contributed by atoms with Gasteiger partial charge in [-0.15, -0.1) is 0 Å². The van der Waals surface area contributed by atoms with E-state index >= 15 is 0 Å². The maximum absolute atomic E-state index is 12.8. The van der Waals surface area contributed by atoms with Gasteiger partial charge in [0.1, 0.15) is 5.76 Å². The fourth-order valence-corrected chi connectivity index (χ4v) is 3.29. The molecule has 5 nitrogen and oxygen atoms in total. The minimum Gasteiger partial charge on any atom is -0.361 e. The molecule has 1 aromatic heterocycles. The SMILES string of the molecule is CC1=CCC=CC1C(=O)N1CCCN(Cc2cc(C)on2)CC1. The van der Waals surface area contributed by atoms with E-state index in [2.05, 4.69) is 35.2 Å². The van der Waals surface area contributed by atoms with Crippen molar-refractivity contribution in [2.45, 2.75) is 33.2 Å². The minimum absolute atomic E-state index is 0.0616. The van der Waals surface area contributed by atoms with Gasteiger partial charge in [0.15, 0.2) is 0 Å². The molecule has 1 unspecified atom stereocenters. The van der Waals surface area contributed by atoms with E-state index in [1.54, 1.807) is 0 Å². The number of nitrogens with zero attached hydrogens (tertiary/aromatic N) is 3. The van der Waals surface area contributed by atoms with E-state index < -0.39 is 0 Å². The number of hydrogen-bond acceptors (Lipinski definition) is 4. The molecule has 1 aromatic rings. The molecule has 0 saturated carbocycles. The number of rotatable bonds is 3. The van der Waals surface area contributed by atoms with Gasteiger partial charge in [0.25, 0.3) is 0 Å². The summed E-state index contributed by atoms with van der Waals surface area (Å²) in [7, 11) is 0. The summed E-state index contributed by atoms with van der Waals surface area (Å²) in [5.41, 5.74) is 2.15. The van der Waals surface area contributed by atoms with Gasteiger partial charge >= 0.3 is 0 Å². The average Bonchev–Trinajstić information content (AvgIpc) is 2.81. The molecule has 0 N–H and O–H groups in total. The second-order valence-electron chi connectivity index (χ2n) is 6.47. The van der Waals surface area contributed by atoms with Gasteiger partial charge in [-0.1, -0.05) is 29.0 Å². The maximum Gasteiger partial charge on any atom is 0.233 e. The molecule has 0 spiro atoms. The Bertz CT molecular complexity index is 618. The van der Waals surface area contributed by atoms with Gasteiger partial charge in [0.2, 0.25) is 5.91 Å². The summed E-state index contributed by atoms with van der Waals surface area (Å²) in [6, 6.07) is 1.98. The number of hydrogen-bond donors (Lipinski definition) is 0. The molecular formula is C18H25N3O2. The van der Waals surface area contributed by atoms with Crippen LogP contribution in [0.25, 0.3) is 0 Å². The van der Waals surface area contributed by atoms with Crippen LogP contribution in [0.4, 0.5) is 0 Å². The Hall–Kier alpha value is -1.88. The van der Waals surface area contributed by atoms with Crippen LogP contribution in [0, 0.1) is 12.8 Å². The smallest absolute Gasteiger partial charge is 0.233 e. The van der Waals surface area contributed by atoms with E-state index in [0.717, 1.165) is 57.0 Å². The molecule has 0 radical (unpaired) electrons. The summed E-state index contributed by atoms with van der Waals surface area (Å²) in [4.78, 5) is 17.1. The highest BCUT2D eigenvalue weighted by Crippen LogP contribution is 2.21. The second kappa shape index (κ2) is 7.13. The lowest BCUT2D eigenvalue weighted by molar-refractivity contribution is -0.132. The predicted molar refractivity (Wildman–Crippen MR) is 88.7 cm³/mol. The maximum atomic E-state index is 12.8. The molecule has 1 fully saturated rings. The van der Waals surface area contributed by atoms with Crippen molar-refractivity contribution in [2.75, 3.05) is 26.2 Å². The van der Waals surface area contributed by atoms with E-state index in [-0.39, 0.29) is 11.8 Å². The zero-order chi connectivity index (χ0) is 16.2. The van der Waals surface area contributed by atoms with Gasteiger partial charge in [-0.25, -0.2) is 0 Å². The number of aromatic nitrogens is 1. The fourth-order valence-electron chi connectivity index (χ4n) is 3.29. The van der Waals surface area contributed by atoms with Crippen LogP contribution in [0.1, 0.15) is 31.2 Å². The Morgan fingerprint density at radius 1 is 1.30 bits per heavy atom. The summed E-state index contributed by atoms with van der Waals surface area (Å²) < 4.78 is 5.13. The topological polar surface area (TPSA) is 49.6 Å². The number of carbonyl (C=O) groups excluding carboxylic acids is 1. The Morgan fingerprint density at radius 3 is 2.91 bits per heavy atom. The first-order valence-corrected chi connectivity index (χ1v) is 8.40. The lowest BCUT2D eigenvalue weighted by atomic mass is 9.93. The molecule has 1 amide bonds. The number of amides is 1. The minimum atomic E-state index is -0.0616. The molecule has 0 aromatic carbocycles. The van der Waals surface area contributed by atoms with Gasteiger partial charge in [-0.3, -0.25) is 9.69 Å². The van der Waals surface area contributed by atoms with Crippen LogP contribution >= 0.6 is 0 Å². The number of allylic oxidation sites excluding steroid dienone is 2. The van der Waals surface area contributed by atoms with Crippen molar-refractivity contribution in [3.8, 4) is 0 Å². The van der Waals surface area contributed by atoms with Crippen molar-refractivity contribution in [3.63, 3.8) is 0 Å². The van der Waals surface area contributed by atoms with Gasteiger partial charge in [0, 0.05) is 38.8 Å². The van der Waals surface area contributed by atoms with E-state index in [1.165, 1.54) is 5.57 Å².